The van der Waals surface area contributed by atoms with Crippen LogP contribution in [0.1, 0.15) is 15.9 Å². The molecule has 0 unspecified atom stereocenters. The van der Waals surface area contributed by atoms with Crippen molar-refractivity contribution in [3.05, 3.63) is 57.0 Å². The van der Waals surface area contributed by atoms with Crippen LogP contribution >= 0.6 is 27.5 Å². The Bertz CT molecular complexity index is 641. The Morgan fingerprint density at radius 3 is 2.47 bits per heavy atom. The number of aryl methyl sites for hydroxylation is 1. The number of hydrogen-bond acceptors (Lipinski definition) is 2. The molecule has 2 rings (SSSR count). The van der Waals surface area contributed by atoms with Crippen LogP contribution in [0.15, 0.2) is 40.9 Å². The molecule has 0 saturated heterocycles. The summed E-state index contributed by atoms with van der Waals surface area (Å²) in [6, 6.07) is 9.98. The summed E-state index contributed by atoms with van der Waals surface area (Å²) in [6.45, 7) is 1.92. The number of aromatic carboxylic acids is 1. The Morgan fingerprint density at radius 2 is 1.89 bits per heavy atom. The van der Waals surface area contributed by atoms with Gasteiger partial charge >= 0.3 is 5.97 Å². The van der Waals surface area contributed by atoms with Gasteiger partial charge in [0.2, 0.25) is 0 Å². The third-order valence-electron chi connectivity index (χ3n) is 2.54. The van der Waals surface area contributed by atoms with Crippen molar-refractivity contribution >= 4 is 33.5 Å². The SMILES string of the molecule is Cc1cc(Br)ccc1Oc1ccc(C(=O)O)cc1Cl. The number of carbonyl (C=O) groups is 1. The molecule has 98 valence electrons. The summed E-state index contributed by atoms with van der Waals surface area (Å²) in [4.78, 5) is 10.8. The zero-order valence-corrected chi connectivity index (χ0v) is 12.3. The lowest BCUT2D eigenvalue weighted by molar-refractivity contribution is 0.0697. The minimum absolute atomic E-state index is 0.130. The van der Waals surface area contributed by atoms with Gasteiger partial charge in [-0.05, 0) is 48.9 Å². The molecule has 0 spiro atoms. The lowest BCUT2D eigenvalue weighted by Gasteiger charge is -2.10. The fourth-order valence-electron chi connectivity index (χ4n) is 1.56. The number of benzene rings is 2. The smallest absolute Gasteiger partial charge is 0.335 e. The number of carboxylic acid groups (broad SMARTS) is 1. The van der Waals surface area contributed by atoms with Gasteiger partial charge in [-0.1, -0.05) is 27.5 Å². The molecular formula is C14H10BrClO3. The van der Waals surface area contributed by atoms with E-state index in [1.165, 1.54) is 12.1 Å². The lowest BCUT2D eigenvalue weighted by Crippen LogP contribution is -1.96. The average molecular weight is 342 g/mol. The van der Waals surface area contributed by atoms with Gasteiger partial charge in [0, 0.05) is 4.47 Å². The Morgan fingerprint density at radius 1 is 1.21 bits per heavy atom. The second-order valence-corrected chi connectivity index (χ2v) is 5.29. The van der Waals surface area contributed by atoms with Crippen molar-refractivity contribution in [2.75, 3.05) is 0 Å². The highest BCUT2D eigenvalue weighted by Gasteiger charge is 2.09. The number of carboxylic acids is 1. The van der Waals surface area contributed by atoms with Crippen LogP contribution in [0.4, 0.5) is 0 Å². The maximum Gasteiger partial charge on any atom is 0.335 e. The van der Waals surface area contributed by atoms with E-state index in [2.05, 4.69) is 15.9 Å². The molecule has 3 nitrogen and oxygen atoms in total. The Labute approximate surface area is 123 Å². The van der Waals surface area contributed by atoms with E-state index in [9.17, 15) is 4.79 Å². The molecule has 2 aromatic carbocycles. The summed E-state index contributed by atoms with van der Waals surface area (Å²) < 4.78 is 6.65. The Balaban J connectivity index is 2.31. The van der Waals surface area contributed by atoms with Crippen LogP contribution < -0.4 is 4.74 Å². The largest absolute Gasteiger partial charge is 0.478 e. The van der Waals surface area contributed by atoms with E-state index < -0.39 is 5.97 Å². The highest BCUT2D eigenvalue weighted by atomic mass is 79.9. The van der Waals surface area contributed by atoms with Gasteiger partial charge in [-0.3, -0.25) is 0 Å². The van der Waals surface area contributed by atoms with Gasteiger partial charge in [-0.25, -0.2) is 4.79 Å². The topological polar surface area (TPSA) is 46.5 Å². The summed E-state index contributed by atoms with van der Waals surface area (Å²) in [7, 11) is 0. The molecule has 5 heteroatoms. The van der Waals surface area contributed by atoms with Crippen molar-refractivity contribution in [2.24, 2.45) is 0 Å². The summed E-state index contributed by atoms with van der Waals surface area (Å²) in [6.07, 6.45) is 0. The first-order chi connectivity index (χ1) is 8.97. The van der Waals surface area contributed by atoms with Crippen molar-refractivity contribution < 1.29 is 14.6 Å². The van der Waals surface area contributed by atoms with E-state index in [1.54, 1.807) is 6.07 Å². The van der Waals surface area contributed by atoms with Crippen LogP contribution in [0.25, 0.3) is 0 Å². The summed E-state index contributed by atoms with van der Waals surface area (Å²) >= 11 is 9.38. The second-order valence-electron chi connectivity index (χ2n) is 3.96. The predicted molar refractivity (Wildman–Crippen MR) is 77.4 cm³/mol. The van der Waals surface area contributed by atoms with Crippen LogP contribution in [0, 0.1) is 6.92 Å². The van der Waals surface area contributed by atoms with Crippen LogP contribution in [0.5, 0.6) is 11.5 Å². The predicted octanol–water partition coefficient (Wildman–Crippen LogP) is 4.90. The standard InChI is InChI=1S/C14H10BrClO3/c1-8-6-10(15)3-5-12(8)19-13-4-2-9(14(17)18)7-11(13)16/h2-7H,1H3,(H,17,18). The number of halogens is 2. The van der Waals surface area contributed by atoms with Crippen LogP contribution in [0.2, 0.25) is 5.02 Å². The number of hydrogen-bond donors (Lipinski definition) is 1. The fourth-order valence-corrected chi connectivity index (χ4v) is 2.26. The summed E-state index contributed by atoms with van der Waals surface area (Å²) in [5, 5.41) is 9.13. The summed E-state index contributed by atoms with van der Waals surface area (Å²) in [5.41, 5.74) is 1.08. The van der Waals surface area contributed by atoms with Crippen molar-refractivity contribution in [2.45, 2.75) is 6.92 Å². The zero-order valence-electron chi connectivity index (χ0n) is 9.98. The van der Waals surface area contributed by atoms with Crippen molar-refractivity contribution in [1.82, 2.24) is 0 Å². The molecule has 0 saturated carbocycles. The van der Waals surface area contributed by atoms with Gasteiger partial charge in [-0.15, -0.1) is 0 Å². The van der Waals surface area contributed by atoms with E-state index in [1.807, 2.05) is 25.1 Å². The van der Waals surface area contributed by atoms with E-state index >= 15 is 0 Å². The second kappa shape index (κ2) is 5.63. The first kappa shape index (κ1) is 13.9. The van der Waals surface area contributed by atoms with Crippen LogP contribution in [0.3, 0.4) is 0 Å². The normalized spacial score (nSPS) is 10.3. The molecule has 0 bridgehead atoms. The van der Waals surface area contributed by atoms with Gasteiger partial charge in [0.15, 0.2) is 0 Å². The van der Waals surface area contributed by atoms with Crippen molar-refractivity contribution in [3.8, 4) is 11.5 Å². The van der Waals surface area contributed by atoms with E-state index in [-0.39, 0.29) is 10.6 Å². The molecule has 2 aromatic rings. The molecule has 0 fully saturated rings. The molecule has 0 aliphatic heterocycles. The number of rotatable bonds is 3. The van der Waals surface area contributed by atoms with Gasteiger partial charge < -0.3 is 9.84 Å². The first-order valence-electron chi connectivity index (χ1n) is 5.44. The highest BCUT2D eigenvalue weighted by molar-refractivity contribution is 9.10. The molecule has 0 amide bonds. The highest BCUT2D eigenvalue weighted by Crippen LogP contribution is 2.32. The molecular weight excluding hydrogens is 332 g/mol. The number of ether oxygens (including phenoxy) is 1. The molecule has 0 atom stereocenters. The molecule has 1 N–H and O–H groups in total. The molecule has 19 heavy (non-hydrogen) atoms. The van der Waals surface area contributed by atoms with Gasteiger partial charge in [0.05, 0.1) is 10.6 Å². The third-order valence-corrected chi connectivity index (χ3v) is 3.32. The third kappa shape index (κ3) is 3.28. The monoisotopic (exact) mass is 340 g/mol. The Hall–Kier alpha value is -1.52. The van der Waals surface area contributed by atoms with Gasteiger partial charge in [-0.2, -0.15) is 0 Å². The zero-order chi connectivity index (χ0) is 14.0. The van der Waals surface area contributed by atoms with Crippen molar-refractivity contribution in [3.63, 3.8) is 0 Å². The quantitative estimate of drug-likeness (QED) is 0.863. The van der Waals surface area contributed by atoms with Crippen LogP contribution in [-0.2, 0) is 0 Å². The van der Waals surface area contributed by atoms with E-state index in [0.29, 0.717) is 11.5 Å². The van der Waals surface area contributed by atoms with Crippen molar-refractivity contribution in [1.29, 1.82) is 0 Å². The molecule has 0 aromatic heterocycles. The minimum atomic E-state index is -1.02. The van der Waals surface area contributed by atoms with E-state index in [4.69, 9.17) is 21.4 Å². The average Bonchev–Trinajstić information content (AvgIpc) is 2.34. The molecule has 0 aliphatic rings. The Kier molecular flexibility index (Phi) is 4.12. The fraction of sp³-hybridized carbons (Fsp3) is 0.0714. The summed E-state index contributed by atoms with van der Waals surface area (Å²) in [5.74, 6) is 0.0820. The van der Waals surface area contributed by atoms with Gasteiger partial charge in [0.1, 0.15) is 11.5 Å². The minimum Gasteiger partial charge on any atom is -0.478 e. The van der Waals surface area contributed by atoms with Crippen LogP contribution in [-0.4, -0.2) is 11.1 Å². The molecule has 0 aliphatic carbocycles. The molecule has 0 heterocycles. The van der Waals surface area contributed by atoms with E-state index in [0.717, 1.165) is 10.0 Å². The molecule has 0 radical (unpaired) electrons. The first-order valence-corrected chi connectivity index (χ1v) is 6.61. The van der Waals surface area contributed by atoms with Gasteiger partial charge in [0.25, 0.3) is 0 Å². The maximum atomic E-state index is 10.8. The lowest BCUT2D eigenvalue weighted by atomic mass is 10.2. The maximum absolute atomic E-state index is 10.8.